The Morgan fingerprint density at radius 1 is 1.47 bits per heavy atom. The number of aliphatic hydroxyl groups excluding tert-OH is 1. The molecule has 3 nitrogen and oxygen atoms in total. The molecule has 1 saturated carbocycles. The Morgan fingerprint density at radius 3 is 2.67 bits per heavy atom. The standard InChI is InChI=1S/C12H14O3/c1-15-11(14)9-4-2-3-5-10(9)12(8-13)6-7-12/h2-5,13H,6-8H2,1H3. The minimum Gasteiger partial charge on any atom is -0.465 e. The molecule has 1 N–H and O–H groups in total. The number of aliphatic hydroxyl groups is 1. The first-order valence-corrected chi connectivity index (χ1v) is 5.02. The van der Waals surface area contributed by atoms with E-state index in [1.54, 1.807) is 6.07 Å². The molecule has 15 heavy (non-hydrogen) atoms. The fraction of sp³-hybridized carbons (Fsp3) is 0.417. The third-order valence-corrected chi connectivity index (χ3v) is 3.06. The van der Waals surface area contributed by atoms with Crippen LogP contribution in [0.5, 0.6) is 0 Å². The topological polar surface area (TPSA) is 46.5 Å². The van der Waals surface area contributed by atoms with E-state index in [4.69, 9.17) is 4.74 Å². The molecule has 0 atom stereocenters. The van der Waals surface area contributed by atoms with E-state index in [2.05, 4.69) is 0 Å². The Morgan fingerprint density at radius 2 is 2.13 bits per heavy atom. The number of benzene rings is 1. The van der Waals surface area contributed by atoms with Gasteiger partial charge in [0.25, 0.3) is 0 Å². The summed E-state index contributed by atoms with van der Waals surface area (Å²) in [6.45, 7) is 0.0982. The van der Waals surface area contributed by atoms with Crippen LogP contribution in [0.15, 0.2) is 24.3 Å². The van der Waals surface area contributed by atoms with Gasteiger partial charge in [0.1, 0.15) is 0 Å². The Hall–Kier alpha value is -1.35. The lowest BCUT2D eigenvalue weighted by Crippen LogP contribution is -2.17. The van der Waals surface area contributed by atoms with Gasteiger partial charge in [0, 0.05) is 5.41 Å². The minimum absolute atomic E-state index is 0.0982. The normalized spacial score (nSPS) is 17.2. The number of methoxy groups -OCH3 is 1. The Bertz CT molecular complexity index is 380. The molecule has 0 amide bonds. The van der Waals surface area contributed by atoms with E-state index in [1.165, 1.54) is 7.11 Å². The van der Waals surface area contributed by atoms with E-state index in [0.29, 0.717) is 5.56 Å². The molecule has 0 radical (unpaired) electrons. The zero-order valence-electron chi connectivity index (χ0n) is 8.69. The molecule has 1 aliphatic carbocycles. The molecule has 2 rings (SSSR count). The van der Waals surface area contributed by atoms with Crippen molar-refractivity contribution in [1.82, 2.24) is 0 Å². The Labute approximate surface area is 88.7 Å². The van der Waals surface area contributed by atoms with Crippen LogP contribution in [0.1, 0.15) is 28.8 Å². The maximum absolute atomic E-state index is 11.5. The maximum atomic E-state index is 11.5. The van der Waals surface area contributed by atoms with Crippen molar-refractivity contribution in [2.75, 3.05) is 13.7 Å². The summed E-state index contributed by atoms with van der Waals surface area (Å²) in [5.74, 6) is -0.328. The van der Waals surface area contributed by atoms with Gasteiger partial charge in [0.15, 0.2) is 0 Å². The van der Waals surface area contributed by atoms with Crippen LogP contribution in [-0.4, -0.2) is 24.8 Å². The van der Waals surface area contributed by atoms with Crippen molar-refractivity contribution in [1.29, 1.82) is 0 Å². The summed E-state index contributed by atoms with van der Waals surface area (Å²) >= 11 is 0. The first-order chi connectivity index (χ1) is 7.23. The molecule has 3 heteroatoms. The fourth-order valence-electron chi connectivity index (χ4n) is 1.90. The number of carbonyl (C=O) groups is 1. The lowest BCUT2D eigenvalue weighted by molar-refractivity contribution is 0.0598. The van der Waals surface area contributed by atoms with E-state index in [0.717, 1.165) is 18.4 Å². The van der Waals surface area contributed by atoms with Crippen LogP contribution in [0.2, 0.25) is 0 Å². The van der Waals surface area contributed by atoms with Gasteiger partial charge in [0.2, 0.25) is 0 Å². The van der Waals surface area contributed by atoms with Crippen LogP contribution in [0, 0.1) is 0 Å². The van der Waals surface area contributed by atoms with Gasteiger partial charge in [0.05, 0.1) is 19.3 Å². The average molecular weight is 206 g/mol. The molecule has 0 heterocycles. The number of carbonyl (C=O) groups excluding carboxylic acids is 1. The van der Waals surface area contributed by atoms with Gasteiger partial charge in [-0.1, -0.05) is 18.2 Å². The largest absolute Gasteiger partial charge is 0.465 e. The van der Waals surface area contributed by atoms with Crippen LogP contribution < -0.4 is 0 Å². The quantitative estimate of drug-likeness (QED) is 0.762. The molecule has 1 fully saturated rings. The first-order valence-electron chi connectivity index (χ1n) is 5.02. The second-order valence-corrected chi connectivity index (χ2v) is 3.98. The molecule has 0 aromatic heterocycles. The minimum atomic E-state index is -0.328. The number of hydrogen-bond acceptors (Lipinski definition) is 3. The molecular weight excluding hydrogens is 192 g/mol. The van der Waals surface area contributed by atoms with E-state index < -0.39 is 0 Å². The van der Waals surface area contributed by atoms with Crippen LogP contribution in [-0.2, 0) is 10.2 Å². The highest BCUT2D eigenvalue weighted by atomic mass is 16.5. The predicted molar refractivity (Wildman–Crippen MR) is 55.8 cm³/mol. The summed E-state index contributed by atoms with van der Waals surface area (Å²) < 4.78 is 4.72. The average Bonchev–Trinajstić information content (AvgIpc) is 3.09. The summed E-state index contributed by atoms with van der Waals surface area (Å²) in [7, 11) is 1.37. The van der Waals surface area contributed by atoms with E-state index in [1.807, 2.05) is 18.2 Å². The van der Waals surface area contributed by atoms with E-state index >= 15 is 0 Å². The highest BCUT2D eigenvalue weighted by Gasteiger charge is 2.45. The lowest BCUT2D eigenvalue weighted by Gasteiger charge is -2.15. The molecule has 0 spiro atoms. The van der Waals surface area contributed by atoms with Gasteiger partial charge in [-0.05, 0) is 24.5 Å². The van der Waals surface area contributed by atoms with Crippen LogP contribution >= 0.6 is 0 Å². The number of esters is 1. The second kappa shape index (κ2) is 3.66. The number of ether oxygens (including phenoxy) is 1. The molecule has 1 aliphatic rings. The van der Waals surface area contributed by atoms with Crippen LogP contribution in [0.3, 0.4) is 0 Å². The molecule has 0 saturated heterocycles. The molecule has 80 valence electrons. The molecule has 1 aromatic carbocycles. The van der Waals surface area contributed by atoms with Gasteiger partial charge in [-0.2, -0.15) is 0 Å². The van der Waals surface area contributed by atoms with Crippen LogP contribution in [0.25, 0.3) is 0 Å². The summed E-state index contributed by atoms with van der Waals surface area (Å²) in [4.78, 5) is 11.5. The van der Waals surface area contributed by atoms with Crippen molar-refractivity contribution in [2.24, 2.45) is 0 Å². The molecule has 0 unspecified atom stereocenters. The fourth-order valence-corrected chi connectivity index (χ4v) is 1.90. The SMILES string of the molecule is COC(=O)c1ccccc1C1(CO)CC1. The smallest absolute Gasteiger partial charge is 0.338 e. The summed E-state index contributed by atoms with van der Waals surface area (Å²) in [5, 5.41) is 9.34. The molecular formula is C12H14O3. The summed E-state index contributed by atoms with van der Waals surface area (Å²) in [6, 6.07) is 7.34. The van der Waals surface area contributed by atoms with Crippen molar-refractivity contribution >= 4 is 5.97 Å². The van der Waals surface area contributed by atoms with Gasteiger partial charge in [-0.25, -0.2) is 4.79 Å². The van der Waals surface area contributed by atoms with Crippen LogP contribution in [0.4, 0.5) is 0 Å². The molecule has 1 aromatic rings. The first kappa shape index (κ1) is 10.2. The van der Waals surface area contributed by atoms with E-state index in [9.17, 15) is 9.90 Å². The second-order valence-electron chi connectivity index (χ2n) is 3.98. The van der Waals surface area contributed by atoms with Crippen molar-refractivity contribution in [3.63, 3.8) is 0 Å². The Kier molecular flexibility index (Phi) is 2.49. The van der Waals surface area contributed by atoms with Gasteiger partial charge in [-0.15, -0.1) is 0 Å². The van der Waals surface area contributed by atoms with Gasteiger partial charge in [-0.3, -0.25) is 0 Å². The molecule has 0 aliphatic heterocycles. The summed E-state index contributed by atoms with van der Waals surface area (Å²) in [6.07, 6.45) is 1.88. The highest BCUT2D eigenvalue weighted by molar-refractivity contribution is 5.91. The zero-order chi connectivity index (χ0) is 10.9. The van der Waals surface area contributed by atoms with Gasteiger partial charge < -0.3 is 9.84 Å². The highest BCUT2D eigenvalue weighted by Crippen LogP contribution is 2.48. The zero-order valence-corrected chi connectivity index (χ0v) is 8.69. The van der Waals surface area contributed by atoms with Gasteiger partial charge >= 0.3 is 5.97 Å². The predicted octanol–water partition coefficient (Wildman–Crippen LogP) is 1.50. The summed E-state index contributed by atoms with van der Waals surface area (Å²) in [5.41, 5.74) is 1.30. The monoisotopic (exact) mass is 206 g/mol. The maximum Gasteiger partial charge on any atom is 0.338 e. The number of rotatable bonds is 3. The molecule has 0 bridgehead atoms. The Balaban J connectivity index is 2.43. The van der Waals surface area contributed by atoms with Crippen molar-refractivity contribution < 1.29 is 14.6 Å². The van der Waals surface area contributed by atoms with Crippen molar-refractivity contribution in [2.45, 2.75) is 18.3 Å². The number of hydrogen-bond donors (Lipinski definition) is 1. The van der Waals surface area contributed by atoms with Crippen molar-refractivity contribution in [3.05, 3.63) is 35.4 Å². The third kappa shape index (κ3) is 1.63. The van der Waals surface area contributed by atoms with Crippen molar-refractivity contribution in [3.8, 4) is 0 Å². The van der Waals surface area contributed by atoms with E-state index in [-0.39, 0.29) is 18.0 Å². The third-order valence-electron chi connectivity index (χ3n) is 3.06. The lowest BCUT2D eigenvalue weighted by atomic mass is 9.92.